The van der Waals surface area contributed by atoms with Gasteiger partial charge in [0.15, 0.2) is 6.61 Å². The Bertz CT molecular complexity index is 884. The first-order valence-corrected chi connectivity index (χ1v) is 10.3. The van der Waals surface area contributed by atoms with Crippen LogP contribution in [0.15, 0.2) is 47.6 Å². The van der Waals surface area contributed by atoms with E-state index in [1.54, 1.807) is 25.3 Å². The van der Waals surface area contributed by atoms with Crippen LogP contribution < -0.4 is 14.9 Å². The first-order chi connectivity index (χ1) is 14.0. The number of benzene rings is 2. The fraction of sp³-hybridized carbons (Fsp3) is 0.417. The normalized spacial score (nSPS) is 12.1. The van der Waals surface area contributed by atoms with Gasteiger partial charge in [-0.1, -0.05) is 58.4 Å². The molecule has 0 saturated carbocycles. The van der Waals surface area contributed by atoms with Crippen LogP contribution in [-0.4, -0.2) is 25.8 Å². The predicted molar refractivity (Wildman–Crippen MR) is 123 cm³/mol. The number of hydrogen-bond acceptors (Lipinski definition) is 4. The highest BCUT2D eigenvalue weighted by Crippen LogP contribution is 2.36. The van der Waals surface area contributed by atoms with E-state index in [4.69, 9.17) is 21.1 Å². The van der Waals surface area contributed by atoms with E-state index in [2.05, 4.69) is 57.3 Å². The summed E-state index contributed by atoms with van der Waals surface area (Å²) in [4.78, 5) is 12.0. The summed E-state index contributed by atoms with van der Waals surface area (Å²) in [5, 5.41) is 4.40. The van der Waals surface area contributed by atoms with Crippen LogP contribution in [0.5, 0.6) is 11.5 Å². The SMILES string of the molecule is COc1ccc(/C=N\NC(=O)COc2ccc(C(C)(C)CC(C)(C)C)cc2)cc1Cl. The van der Waals surface area contributed by atoms with E-state index >= 15 is 0 Å². The maximum Gasteiger partial charge on any atom is 0.277 e. The minimum Gasteiger partial charge on any atom is -0.495 e. The molecule has 162 valence electrons. The van der Waals surface area contributed by atoms with E-state index in [0.717, 1.165) is 12.0 Å². The van der Waals surface area contributed by atoms with Gasteiger partial charge in [-0.15, -0.1) is 0 Å². The van der Waals surface area contributed by atoms with Crippen LogP contribution in [0, 0.1) is 5.41 Å². The molecule has 0 bridgehead atoms. The number of ether oxygens (including phenoxy) is 2. The third kappa shape index (κ3) is 7.38. The molecule has 0 heterocycles. The lowest BCUT2D eigenvalue weighted by atomic mass is 9.72. The molecule has 5 nitrogen and oxygen atoms in total. The number of nitrogens with one attached hydrogen (secondary N) is 1. The standard InChI is InChI=1S/C24H31ClN2O3/c1-23(2,3)16-24(4,5)18-8-10-19(11-9-18)30-15-22(28)27-26-14-17-7-12-21(29-6)20(25)13-17/h7-14H,15-16H2,1-6H3,(H,27,28)/b26-14-. The molecule has 0 fully saturated rings. The van der Waals surface area contributed by atoms with Crippen LogP contribution in [0.4, 0.5) is 0 Å². The lowest BCUT2D eigenvalue weighted by molar-refractivity contribution is -0.123. The van der Waals surface area contributed by atoms with Crippen molar-refractivity contribution in [3.05, 3.63) is 58.6 Å². The minimum absolute atomic E-state index is 0.0627. The Morgan fingerprint density at radius 3 is 2.33 bits per heavy atom. The third-order valence-corrected chi connectivity index (χ3v) is 4.85. The van der Waals surface area contributed by atoms with Gasteiger partial charge in [0.1, 0.15) is 11.5 Å². The highest BCUT2D eigenvalue weighted by atomic mass is 35.5. The molecule has 6 heteroatoms. The molecule has 2 aromatic carbocycles. The van der Waals surface area contributed by atoms with Crippen LogP contribution in [0.1, 0.15) is 52.2 Å². The second kappa shape index (κ2) is 9.98. The van der Waals surface area contributed by atoms with Crippen LogP contribution in [0.25, 0.3) is 0 Å². The zero-order valence-corrected chi connectivity index (χ0v) is 19.3. The molecule has 0 aliphatic carbocycles. The minimum atomic E-state index is -0.344. The van der Waals surface area contributed by atoms with Crippen molar-refractivity contribution < 1.29 is 14.3 Å². The molecule has 0 radical (unpaired) electrons. The van der Waals surface area contributed by atoms with E-state index in [1.807, 2.05) is 12.1 Å². The second-order valence-corrected chi connectivity index (χ2v) is 9.53. The lowest BCUT2D eigenvalue weighted by Gasteiger charge is -2.33. The molecule has 2 aromatic rings. The monoisotopic (exact) mass is 430 g/mol. The van der Waals surface area contributed by atoms with Crippen molar-refractivity contribution in [2.75, 3.05) is 13.7 Å². The first kappa shape index (κ1) is 23.7. The van der Waals surface area contributed by atoms with Gasteiger partial charge >= 0.3 is 0 Å². The van der Waals surface area contributed by atoms with Crippen molar-refractivity contribution in [3.8, 4) is 11.5 Å². The third-order valence-electron chi connectivity index (χ3n) is 4.56. The Morgan fingerprint density at radius 2 is 1.77 bits per heavy atom. The molecule has 1 N–H and O–H groups in total. The molecular formula is C24H31ClN2O3. The van der Waals surface area contributed by atoms with Crippen LogP contribution in [-0.2, 0) is 10.2 Å². The van der Waals surface area contributed by atoms with Crippen LogP contribution >= 0.6 is 11.6 Å². The fourth-order valence-corrected chi connectivity index (χ4v) is 3.82. The summed E-state index contributed by atoms with van der Waals surface area (Å²) in [7, 11) is 1.55. The summed E-state index contributed by atoms with van der Waals surface area (Å²) < 4.78 is 10.7. The summed E-state index contributed by atoms with van der Waals surface area (Å²) in [6.45, 7) is 11.1. The van der Waals surface area contributed by atoms with Crippen molar-refractivity contribution >= 4 is 23.7 Å². The average Bonchev–Trinajstić information content (AvgIpc) is 2.65. The van der Waals surface area contributed by atoms with Gasteiger partial charge in [-0.25, -0.2) is 5.43 Å². The number of amides is 1. The zero-order chi connectivity index (χ0) is 22.4. The highest BCUT2D eigenvalue weighted by Gasteiger charge is 2.27. The summed E-state index contributed by atoms with van der Waals surface area (Å²) in [5.74, 6) is 0.883. The summed E-state index contributed by atoms with van der Waals surface area (Å²) >= 11 is 6.07. The smallest absolute Gasteiger partial charge is 0.277 e. The molecule has 30 heavy (non-hydrogen) atoms. The Hall–Kier alpha value is -2.53. The van der Waals surface area contributed by atoms with Crippen molar-refractivity contribution in [1.82, 2.24) is 5.43 Å². The number of nitrogens with zero attached hydrogens (tertiary/aromatic N) is 1. The van der Waals surface area contributed by atoms with E-state index in [1.165, 1.54) is 11.8 Å². The molecular weight excluding hydrogens is 400 g/mol. The molecule has 0 aromatic heterocycles. The zero-order valence-electron chi connectivity index (χ0n) is 18.6. The molecule has 0 aliphatic heterocycles. The molecule has 0 atom stereocenters. The van der Waals surface area contributed by atoms with Crippen molar-refractivity contribution in [2.45, 2.75) is 46.5 Å². The molecule has 0 aliphatic rings. The number of rotatable bonds is 8. The number of halogens is 1. The number of methoxy groups -OCH3 is 1. The summed E-state index contributed by atoms with van der Waals surface area (Å²) in [5.41, 5.74) is 4.74. The first-order valence-electron chi connectivity index (χ1n) is 9.89. The largest absolute Gasteiger partial charge is 0.495 e. The van der Waals surface area contributed by atoms with Gasteiger partial charge in [0.05, 0.1) is 18.3 Å². The molecule has 1 amide bonds. The highest BCUT2D eigenvalue weighted by molar-refractivity contribution is 6.32. The number of hydrazone groups is 1. The molecule has 0 saturated heterocycles. The van der Waals surface area contributed by atoms with Crippen LogP contribution in [0.2, 0.25) is 5.02 Å². The molecule has 2 rings (SSSR count). The van der Waals surface area contributed by atoms with E-state index in [-0.39, 0.29) is 23.3 Å². The van der Waals surface area contributed by atoms with Gasteiger partial charge in [0, 0.05) is 0 Å². The van der Waals surface area contributed by atoms with Crippen LogP contribution in [0.3, 0.4) is 0 Å². The number of hydrogen-bond donors (Lipinski definition) is 1. The number of carbonyl (C=O) groups is 1. The number of carbonyl (C=O) groups excluding carboxylic acids is 1. The van der Waals surface area contributed by atoms with Gasteiger partial charge in [-0.3, -0.25) is 4.79 Å². The van der Waals surface area contributed by atoms with Gasteiger partial charge in [-0.2, -0.15) is 5.10 Å². The van der Waals surface area contributed by atoms with Gasteiger partial charge in [0.2, 0.25) is 0 Å². The van der Waals surface area contributed by atoms with Gasteiger partial charge in [-0.05, 0) is 58.7 Å². The topological polar surface area (TPSA) is 59.9 Å². The maximum atomic E-state index is 12.0. The van der Waals surface area contributed by atoms with E-state index < -0.39 is 0 Å². The predicted octanol–water partition coefficient (Wildman–Crippen LogP) is 5.59. The van der Waals surface area contributed by atoms with Crippen molar-refractivity contribution in [3.63, 3.8) is 0 Å². The van der Waals surface area contributed by atoms with Gasteiger partial charge in [0.25, 0.3) is 5.91 Å². The fourth-order valence-electron chi connectivity index (χ4n) is 3.55. The summed E-state index contributed by atoms with van der Waals surface area (Å²) in [6.07, 6.45) is 2.58. The second-order valence-electron chi connectivity index (χ2n) is 9.12. The van der Waals surface area contributed by atoms with Crippen molar-refractivity contribution in [1.29, 1.82) is 0 Å². The quantitative estimate of drug-likeness (QED) is 0.438. The maximum absolute atomic E-state index is 12.0. The van der Waals surface area contributed by atoms with E-state index in [9.17, 15) is 4.79 Å². The average molecular weight is 431 g/mol. The molecule has 0 spiro atoms. The Morgan fingerprint density at radius 1 is 1.10 bits per heavy atom. The Kier molecular flexibility index (Phi) is 7.90. The van der Waals surface area contributed by atoms with E-state index in [0.29, 0.717) is 16.5 Å². The van der Waals surface area contributed by atoms with Gasteiger partial charge < -0.3 is 9.47 Å². The Balaban J connectivity index is 1.85. The lowest BCUT2D eigenvalue weighted by Crippen LogP contribution is -2.25. The summed E-state index contributed by atoms with van der Waals surface area (Å²) in [6, 6.07) is 13.1. The van der Waals surface area contributed by atoms with Crippen molar-refractivity contribution in [2.24, 2.45) is 10.5 Å². The molecule has 0 unspecified atom stereocenters. The Labute approximate surface area is 184 Å².